The van der Waals surface area contributed by atoms with Crippen molar-refractivity contribution >= 4 is 27.7 Å². The molecule has 2 aromatic rings. The van der Waals surface area contributed by atoms with Crippen LogP contribution in [0.4, 0.5) is 0 Å². The Bertz CT molecular complexity index is 524. The normalized spacial score (nSPS) is 12.4. The highest BCUT2D eigenvalue weighted by Crippen LogP contribution is 2.33. The Labute approximate surface area is 127 Å². The van der Waals surface area contributed by atoms with Gasteiger partial charge in [0.05, 0.1) is 5.69 Å². The quantitative estimate of drug-likeness (QED) is 0.858. The molecule has 4 heteroatoms. The van der Waals surface area contributed by atoms with Gasteiger partial charge in [-0.1, -0.05) is 30.8 Å². The van der Waals surface area contributed by atoms with E-state index >= 15 is 0 Å². The number of nitrogens with zero attached hydrogens (tertiary/aromatic N) is 1. The number of rotatable bonds is 5. The maximum absolute atomic E-state index is 4.55. The molecule has 2 rings (SSSR count). The van der Waals surface area contributed by atoms with Crippen LogP contribution in [-0.2, 0) is 0 Å². The number of aromatic nitrogens is 1. The second-order valence-electron chi connectivity index (χ2n) is 4.20. The summed E-state index contributed by atoms with van der Waals surface area (Å²) < 4.78 is 1.12. The first-order chi connectivity index (χ1) is 9.24. The van der Waals surface area contributed by atoms with Crippen LogP contribution in [0, 0.1) is 0 Å². The Hall–Kier alpha value is -0.840. The smallest absolute Gasteiger partial charge is 0.0573 e. The van der Waals surface area contributed by atoms with E-state index in [2.05, 4.69) is 57.4 Å². The highest BCUT2D eigenvalue weighted by Gasteiger charge is 2.08. The molecular formula is C15H17BrN2S. The van der Waals surface area contributed by atoms with E-state index in [9.17, 15) is 0 Å². The molecule has 0 radical (unpaired) electrons. The molecule has 1 atom stereocenters. The molecule has 0 aliphatic heterocycles. The molecule has 1 unspecified atom stereocenters. The van der Waals surface area contributed by atoms with Crippen molar-refractivity contribution < 1.29 is 0 Å². The Balaban J connectivity index is 2.13. The van der Waals surface area contributed by atoms with E-state index in [1.54, 1.807) is 11.8 Å². The summed E-state index contributed by atoms with van der Waals surface area (Å²) in [5.41, 5.74) is 1.10. The number of hydrogen-bond donors (Lipinski definition) is 1. The highest BCUT2D eigenvalue weighted by molar-refractivity contribution is 9.10. The number of nitrogens with one attached hydrogen (secondary N) is 1. The van der Waals surface area contributed by atoms with E-state index in [0.717, 1.165) is 21.5 Å². The standard InChI is InChI=1S/C15H17BrN2S/c1-3-13(17-2)14-9-8-11(10-18-14)19-15-7-5-4-6-12(15)16/h4-10,13,17H,3H2,1-2H3. The topological polar surface area (TPSA) is 24.9 Å². The first-order valence-electron chi connectivity index (χ1n) is 6.30. The zero-order valence-electron chi connectivity index (χ0n) is 11.1. The molecule has 1 aromatic carbocycles. The van der Waals surface area contributed by atoms with Crippen LogP contribution < -0.4 is 5.32 Å². The minimum Gasteiger partial charge on any atom is -0.312 e. The molecule has 0 saturated carbocycles. The fourth-order valence-electron chi connectivity index (χ4n) is 1.87. The van der Waals surface area contributed by atoms with Gasteiger partial charge < -0.3 is 5.32 Å². The summed E-state index contributed by atoms with van der Waals surface area (Å²) in [6, 6.07) is 12.8. The Morgan fingerprint density at radius 1 is 1.26 bits per heavy atom. The lowest BCUT2D eigenvalue weighted by molar-refractivity contribution is 0.561. The van der Waals surface area contributed by atoms with E-state index in [-0.39, 0.29) is 0 Å². The largest absolute Gasteiger partial charge is 0.312 e. The molecule has 0 amide bonds. The van der Waals surface area contributed by atoms with Gasteiger partial charge in [-0.3, -0.25) is 4.98 Å². The van der Waals surface area contributed by atoms with Crippen molar-refractivity contribution in [2.45, 2.75) is 29.2 Å². The van der Waals surface area contributed by atoms with Crippen molar-refractivity contribution in [2.24, 2.45) is 0 Å². The molecule has 1 heterocycles. The fourth-order valence-corrected chi connectivity index (χ4v) is 3.21. The van der Waals surface area contributed by atoms with E-state index in [1.807, 2.05) is 25.4 Å². The average Bonchev–Trinajstić information content (AvgIpc) is 2.44. The van der Waals surface area contributed by atoms with Crippen LogP contribution in [0.2, 0.25) is 0 Å². The lowest BCUT2D eigenvalue weighted by atomic mass is 10.1. The fraction of sp³-hybridized carbons (Fsp3) is 0.267. The van der Waals surface area contributed by atoms with Crippen LogP contribution in [0.3, 0.4) is 0 Å². The number of halogens is 1. The summed E-state index contributed by atoms with van der Waals surface area (Å²) in [5, 5.41) is 3.27. The van der Waals surface area contributed by atoms with E-state index in [0.29, 0.717) is 6.04 Å². The van der Waals surface area contributed by atoms with Gasteiger partial charge in [0.15, 0.2) is 0 Å². The van der Waals surface area contributed by atoms with Crippen LogP contribution >= 0.6 is 27.7 Å². The van der Waals surface area contributed by atoms with Gasteiger partial charge in [-0.05, 0) is 53.7 Å². The summed E-state index contributed by atoms with van der Waals surface area (Å²) in [5.74, 6) is 0. The lowest BCUT2D eigenvalue weighted by Crippen LogP contribution is -2.16. The minimum atomic E-state index is 0.336. The Morgan fingerprint density at radius 2 is 2.05 bits per heavy atom. The summed E-state index contributed by atoms with van der Waals surface area (Å²) >= 11 is 5.28. The molecule has 0 aliphatic rings. The SMILES string of the molecule is CCC(NC)c1ccc(Sc2ccccc2Br)cn1. The van der Waals surface area contributed by atoms with Crippen LogP contribution in [0.15, 0.2) is 56.9 Å². The zero-order valence-corrected chi connectivity index (χ0v) is 13.5. The van der Waals surface area contributed by atoms with Crippen molar-refractivity contribution in [2.75, 3.05) is 7.05 Å². The second-order valence-corrected chi connectivity index (χ2v) is 6.17. The van der Waals surface area contributed by atoms with Crippen LogP contribution in [0.1, 0.15) is 25.1 Å². The van der Waals surface area contributed by atoms with Crippen molar-refractivity contribution in [3.63, 3.8) is 0 Å². The van der Waals surface area contributed by atoms with Crippen molar-refractivity contribution in [1.29, 1.82) is 0 Å². The summed E-state index contributed by atoms with van der Waals surface area (Å²) in [6.07, 6.45) is 2.99. The first kappa shape index (κ1) is 14.6. The third-order valence-electron chi connectivity index (χ3n) is 2.94. The third-order valence-corrected chi connectivity index (χ3v) is 4.94. The molecule has 0 fully saturated rings. The summed E-state index contributed by atoms with van der Waals surface area (Å²) in [4.78, 5) is 6.91. The number of benzene rings is 1. The van der Waals surface area contributed by atoms with Gasteiger partial charge in [-0.15, -0.1) is 0 Å². The Morgan fingerprint density at radius 3 is 2.63 bits per heavy atom. The van der Waals surface area contributed by atoms with Crippen LogP contribution in [0.25, 0.3) is 0 Å². The summed E-state index contributed by atoms with van der Waals surface area (Å²) in [6.45, 7) is 2.16. The monoisotopic (exact) mass is 336 g/mol. The molecule has 0 spiro atoms. The van der Waals surface area contributed by atoms with Crippen molar-refractivity contribution in [3.8, 4) is 0 Å². The zero-order chi connectivity index (χ0) is 13.7. The molecule has 1 aromatic heterocycles. The summed E-state index contributed by atoms with van der Waals surface area (Å²) in [7, 11) is 1.97. The van der Waals surface area contributed by atoms with Crippen LogP contribution in [-0.4, -0.2) is 12.0 Å². The molecule has 0 aliphatic carbocycles. The molecular weight excluding hydrogens is 320 g/mol. The second kappa shape index (κ2) is 7.08. The van der Waals surface area contributed by atoms with Gasteiger partial charge in [0.2, 0.25) is 0 Å². The molecule has 0 bridgehead atoms. The molecule has 1 N–H and O–H groups in total. The molecule has 19 heavy (non-hydrogen) atoms. The first-order valence-corrected chi connectivity index (χ1v) is 7.91. The predicted molar refractivity (Wildman–Crippen MR) is 84.6 cm³/mol. The highest BCUT2D eigenvalue weighted by atomic mass is 79.9. The lowest BCUT2D eigenvalue weighted by Gasteiger charge is -2.13. The van der Waals surface area contributed by atoms with Crippen molar-refractivity contribution in [3.05, 3.63) is 52.8 Å². The van der Waals surface area contributed by atoms with Gasteiger partial charge in [-0.25, -0.2) is 0 Å². The van der Waals surface area contributed by atoms with Gasteiger partial charge in [0, 0.05) is 26.5 Å². The number of pyridine rings is 1. The minimum absolute atomic E-state index is 0.336. The van der Waals surface area contributed by atoms with Gasteiger partial charge >= 0.3 is 0 Å². The third kappa shape index (κ3) is 3.81. The van der Waals surface area contributed by atoms with Crippen molar-refractivity contribution in [1.82, 2.24) is 10.3 Å². The van der Waals surface area contributed by atoms with E-state index in [4.69, 9.17) is 0 Å². The number of hydrogen-bond acceptors (Lipinski definition) is 3. The van der Waals surface area contributed by atoms with E-state index < -0.39 is 0 Å². The van der Waals surface area contributed by atoms with Gasteiger partial charge in [0.1, 0.15) is 0 Å². The molecule has 2 nitrogen and oxygen atoms in total. The van der Waals surface area contributed by atoms with E-state index in [1.165, 1.54) is 4.90 Å². The molecule has 100 valence electrons. The Kier molecular flexibility index (Phi) is 5.43. The maximum Gasteiger partial charge on any atom is 0.0573 e. The molecule has 0 saturated heterocycles. The average molecular weight is 337 g/mol. The van der Waals surface area contributed by atoms with Crippen LogP contribution in [0.5, 0.6) is 0 Å². The maximum atomic E-state index is 4.55. The van der Waals surface area contributed by atoms with Gasteiger partial charge in [0.25, 0.3) is 0 Å². The van der Waals surface area contributed by atoms with Gasteiger partial charge in [-0.2, -0.15) is 0 Å². The predicted octanol–water partition coefficient (Wildman–Crippen LogP) is 4.67.